The van der Waals surface area contributed by atoms with Gasteiger partial charge in [-0.15, -0.1) is 5.10 Å². The Morgan fingerprint density at radius 2 is 1.87 bits per heavy atom. The molecule has 0 aliphatic heterocycles. The lowest BCUT2D eigenvalue weighted by molar-refractivity contribution is 0.0462. The minimum atomic E-state index is -0.823. The van der Waals surface area contributed by atoms with Crippen LogP contribution in [-0.4, -0.2) is 42.5 Å². The monoisotopic (exact) mass is 407 g/mol. The molecule has 0 fully saturated rings. The molecule has 0 amide bonds. The van der Waals surface area contributed by atoms with E-state index in [1.165, 1.54) is 10.6 Å². The topological polar surface area (TPSA) is 91.4 Å². The quantitative estimate of drug-likeness (QED) is 0.373. The number of hydrogen-bond acceptors (Lipinski definition) is 6. The van der Waals surface area contributed by atoms with Gasteiger partial charge in [-0.3, -0.25) is 4.79 Å². The van der Waals surface area contributed by atoms with Gasteiger partial charge in [0, 0.05) is 28.8 Å². The zero-order valence-electron chi connectivity index (χ0n) is 16.6. The summed E-state index contributed by atoms with van der Waals surface area (Å²) in [5.74, 6) is -1.54. The molecule has 0 saturated heterocycles. The predicted molar refractivity (Wildman–Crippen MR) is 105 cm³/mol. The Morgan fingerprint density at radius 1 is 1.10 bits per heavy atom. The number of benzene rings is 1. The summed E-state index contributed by atoms with van der Waals surface area (Å²) < 4.78 is 22.4. The van der Waals surface area contributed by atoms with Gasteiger partial charge < -0.3 is 9.30 Å². The van der Waals surface area contributed by atoms with Crippen molar-refractivity contribution in [3.63, 3.8) is 0 Å². The summed E-state index contributed by atoms with van der Waals surface area (Å²) in [5, 5.41) is 4.06. The highest BCUT2D eigenvalue weighted by atomic mass is 19.1. The van der Waals surface area contributed by atoms with Crippen LogP contribution < -0.4 is 0 Å². The molecule has 0 bridgehead atoms. The van der Waals surface area contributed by atoms with Crippen LogP contribution in [0.4, 0.5) is 4.39 Å². The van der Waals surface area contributed by atoms with Gasteiger partial charge in [0.25, 0.3) is 11.6 Å². The maximum absolute atomic E-state index is 14.2. The molecule has 9 heteroatoms. The van der Waals surface area contributed by atoms with Gasteiger partial charge in [0.05, 0.1) is 5.69 Å². The van der Waals surface area contributed by atoms with Crippen LogP contribution in [0.15, 0.2) is 42.6 Å². The van der Waals surface area contributed by atoms with Crippen molar-refractivity contribution >= 4 is 17.5 Å². The normalized spacial score (nSPS) is 11.1. The maximum atomic E-state index is 14.2. The largest absolute Gasteiger partial charge is 0.451 e. The first kappa shape index (κ1) is 19.4. The van der Waals surface area contributed by atoms with Crippen LogP contribution in [0, 0.1) is 26.6 Å². The fourth-order valence-corrected chi connectivity index (χ4v) is 3.32. The van der Waals surface area contributed by atoms with E-state index < -0.39 is 24.2 Å². The smallest absolute Gasteiger partial charge is 0.378 e. The van der Waals surface area contributed by atoms with E-state index in [1.807, 2.05) is 0 Å². The van der Waals surface area contributed by atoms with Gasteiger partial charge in [0.1, 0.15) is 5.82 Å². The van der Waals surface area contributed by atoms with Crippen molar-refractivity contribution < 1.29 is 18.7 Å². The second kappa shape index (κ2) is 7.51. The van der Waals surface area contributed by atoms with Crippen molar-refractivity contribution in [2.24, 2.45) is 0 Å². The van der Waals surface area contributed by atoms with E-state index >= 15 is 0 Å². The molecule has 0 aliphatic carbocycles. The SMILES string of the molecule is Cc1cc(C(=O)COC(=O)c2nc3nccc(C)n3n2)c(C)n1-c1ccccc1F. The van der Waals surface area contributed by atoms with Gasteiger partial charge >= 0.3 is 5.97 Å². The first-order valence-corrected chi connectivity index (χ1v) is 9.19. The summed E-state index contributed by atoms with van der Waals surface area (Å²) >= 11 is 0. The Morgan fingerprint density at radius 3 is 2.60 bits per heavy atom. The molecule has 0 aliphatic rings. The maximum Gasteiger partial charge on any atom is 0.378 e. The Balaban J connectivity index is 1.53. The number of ketones is 1. The molecule has 3 heterocycles. The number of carbonyl (C=O) groups is 2. The molecule has 0 radical (unpaired) electrons. The van der Waals surface area contributed by atoms with E-state index in [2.05, 4.69) is 15.1 Å². The number of aryl methyl sites for hydroxylation is 2. The van der Waals surface area contributed by atoms with Crippen LogP contribution in [0.2, 0.25) is 0 Å². The highest BCUT2D eigenvalue weighted by molar-refractivity contribution is 6.00. The van der Waals surface area contributed by atoms with Crippen LogP contribution in [-0.2, 0) is 4.74 Å². The van der Waals surface area contributed by atoms with Crippen molar-refractivity contribution in [2.45, 2.75) is 20.8 Å². The number of halogens is 1. The lowest BCUT2D eigenvalue weighted by atomic mass is 10.1. The van der Waals surface area contributed by atoms with Crippen molar-refractivity contribution in [3.8, 4) is 5.69 Å². The Hall–Kier alpha value is -3.88. The third-order valence-corrected chi connectivity index (χ3v) is 4.77. The lowest BCUT2D eigenvalue weighted by Crippen LogP contribution is -2.16. The summed E-state index contributed by atoms with van der Waals surface area (Å²) in [7, 11) is 0. The second-order valence-electron chi connectivity index (χ2n) is 6.80. The molecule has 30 heavy (non-hydrogen) atoms. The first-order valence-electron chi connectivity index (χ1n) is 9.19. The molecule has 4 rings (SSSR count). The van der Waals surface area contributed by atoms with Crippen LogP contribution in [0.5, 0.6) is 0 Å². The fraction of sp³-hybridized carbons (Fsp3) is 0.190. The number of rotatable bonds is 5. The van der Waals surface area contributed by atoms with Crippen molar-refractivity contribution in [1.82, 2.24) is 24.1 Å². The molecule has 0 atom stereocenters. The molecule has 0 unspecified atom stereocenters. The highest BCUT2D eigenvalue weighted by Gasteiger charge is 2.21. The van der Waals surface area contributed by atoms with Gasteiger partial charge in [0.15, 0.2) is 6.61 Å². The average Bonchev–Trinajstić information content (AvgIpc) is 3.29. The molecule has 3 aromatic heterocycles. The first-order chi connectivity index (χ1) is 14.4. The number of nitrogens with zero attached hydrogens (tertiary/aromatic N) is 5. The molecular weight excluding hydrogens is 389 g/mol. The molecule has 0 saturated carbocycles. The van der Waals surface area contributed by atoms with E-state index in [1.54, 1.807) is 61.9 Å². The number of Topliss-reactive ketones (excluding diaryl/α,β-unsaturated/α-hetero) is 1. The van der Waals surface area contributed by atoms with Crippen molar-refractivity contribution in [1.29, 1.82) is 0 Å². The third kappa shape index (κ3) is 3.34. The average molecular weight is 407 g/mol. The van der Waals surface area contributed by atoms with E-state index in [0.29, 0.717) is 22.6 Å². The minimum absolute atomic E-state index is 0.179. The van der Waals surface area contributed by atoms with E-state index in [-0.39, 0.29) is 11.6 Å². The van der Waals surface area contributed by atoms with Crippen LogP contribution in [0.3, 0.4) is 0 Å². The molecular formula is C21H18FN5O3. The van der Waals surface area contributed by atoms with Crippen LogP contribution in [0.25, 0.3) is 11.5 Å². The summed E-state index contributed by atoms with van der Waals surface area (Å²) in [4.78, 5) is 33.0. The summed E-state index contributed by atoms with van der Waals surface area (Å²) in [6.07, 6.45) is 1.56. The van der Waals surface area contributed by atoms with E-state index in [0.717, 1.165) is 5.69 Å². The molecule has 0 spiro atoms. The Kier molecular flexibility index (Phi) is 4.86. The number of para-hydroxylation sites is 1. The van der Waals surface area contributed by atoms with Crippen LogP contribution >= 0.6 is 0 Å². The van der Waals surface area contributed by atoms with Gasteiger partial charge in [-0.1, -0.05) is 12.1 Å². The molecule has 1 aromatic carbocycles. The van der Waals surface area contributed by atoms with Gasteiger partial charge in [-0.2, -0.15) is 4.98 Å². The van der Waals surface area contributed by atoms with Crippen molar-refractivity contribution in [2.75, 3.05) is 6.61 Å². The molecule has 8 nitrogen and oxygen atoms in total. The zero-order chi connectivity index (χ0) is 21.4. The second-order valence-corrected chi connectivity index (χ2v) is 6.80. The number of ether oxygens (including phenoxy) is 1. The van der Waals surface area contributed by atoms with Gasteiger partial charge in [-0.25, -0.2) is 18.7 Å². The van der Waals surface area contributed by atoms with E-state index in [9.17, 15) is 14.0 Å². The number of hydrogen-bond donors (Lipinski definition) is 0. The highest BCUT2D eigenvalue weighted by Crippen LogP contribution is 2.23. The number of aromatic nitrogens is 5. The number of carbonyl (C=O) groups excluding carboxylic acids is 2. The van der Waals surface area contributed by atoms with Crippen LogP contribution in [0.1, 0.15) is 38.1 Å². The summed E-state index contributed by atoms with van der Waals surface area (Å²) in [6, 6.07) is 9.69. The fourth-order valence-electron chi connectivity index (χ4n) is 3.32. The molecule has 152 valence electrons. The van der Waals surface area contributed by atoms with Gasteiger partial charge in [0.2, 0.25) is 5.78 Å². The van der Waals surface area contributed by atoms with E-state index in [4.69, 9.17) is 4.74 Å². The van der Waals surface area contributed by atoms with Crippen molar-refractivity contribution in [3.05, 3.63) is 76.9 Å². The Bertz CT molecular complexity index is 1290. The summed E-state index contributed by atoms with van der Waals surface area (Å²) in [5.41, 5.74) is 2.70. The Labute approximate surface area is 171 Å². The number of fused-ring (bicyclic) bond motifs is 1. The summed E-state index contributed by atoms with van der Waals surface area (Å²) in [6.45, 7) is 4.81. The predicted octanol–water partition coefficient (Wildman–Crippen LogP) is 3.02. The standard InChI is InChI=1S/C21H18FN5O3/c1-12-8-9-23-21-24-19(25-27(12)21)20(29)30-11-18(28)15-10-13(2)26(14(15)3)17-7-5-4-6-16(17)22/h4-10H,11H2,1-3H3. The minimum Gasteiger partial charge on any atom is -0.451 e. The molecule has 4 aromatic rings. The zero-order valence-corrected chi connectivity index (χ0v) is 16.6. The molecule has 0 N–H and O–H groups in total. The lowest BCUT2D eigenvalue weighted by Gasteiger charge is -2.10. The number of esters is 1. The third-order valence-electron chi connectivity index (χ3n) is 4.77. The van der Waals surface area contributed by atoms with Gasteiger partial charge in [-0.05, 0) is 45.0 Å².